The van der Waals surface area contributed by atoms with E-state index in [4.69, 9.17) is 0 Å². The van der Waals surface area contributed by atoms with E-state index in [9.17, 15) is 0 Å². The highest BCUT2D eigenvalue weighted by atomic mass is 14.7. The SMILES string of the molecule is C/C=C(/C)c1cc(C)c(C)nc1C. The molecule has 0 bridgehead atoms. The van der Waals surface area contributed by atoms with Crippen molar-refractivity contribution in [3.63, 3.8) is 0 Å². The topological polar surface area (TPSA) is 12.9 Å². The first kappa shape index (κ1) is 9.97. The van der Waals surface area contributed by atoms with E-state index >= 15 is 0 Å². The van der Waals surface area contributed by atoms with Gasteiger partial charge in [-0.05, 0) is 57.4 Å². The lowest BCUT2D eigenvalue weighted by Crippen LogP contribution is -1.95. The third kappa shape index (κ3) is 1.97. The summed E-state index contributed by atoms with van der Waals surface area (Å²) >= 11 is 0. The van der Waals surface area contributed by atoms with Crippen LogP contribution in [0.4, 0.5) is 0 Å². The van der Waals surface area contributed by atoms with Gasteiger partial charge in [0.1, 0.15) is 0 Å². The van der Waals surface area contributed by atoms with Gasteiger partial charge in [-0.1, -0.05) is 6.08 Å². The molecule has 0 amide bonds. The van der Waals surface area contributed by atoms with Gasteiger partial charge >= 0.3 is 0 Å². The third-order valence-corrected chi connectivity index (χ3v) is 2.51. The van der Waals surface area contributed by atoms with Crippen molar-refractivity contribution in [1.29, 1.82) is 0 Å². The number of hydrogen-bond acceptors (Lipinski definition) is 1. The minimum absolute atomic E-state index is 1.12. The van der Waals surface area contributed by atoms with Crippen molar-refractivity contribution in [2.24, 2.45) is 0 Å². The van der Waals surface area contributed by atoms with Gasteiger partial charge in [0.05, 0.1) is 0 Å². The zero-order chi connectivity index (χ0) is 10.0. The van der Waals surface area contributed by atoms with Crippen LogP contribution in [-0.4, -0.2) is 4.98 Å². The van der Waals surface area contributed by atoms with Crippen LogP contribution in [0.5, 0.6) is 0 Å². The Morgan fingerprint density at radius 1 is 1.23 bits per heavy atom. The van der Waals surface area contributed by atoms with Crippen molar-refractivity contribution >= 4 is 5.57 Å². The highest BCUT2D eigenvalue weighted by Gasteiger charge is 2.03. The smallest absolute Gasteiger partial charge is 0.0450 e. The van der Waals surface area contributed by atoms with Crippen molar-refractivity contribution in [2.45, 2.75) is 34.6 Å². The van der Waals surface area contributed by atoms with Crippen molar-refractivity contribution in [1.82, 2.24) is 4.98 Å². The number of nitrogens with zero attached hydrogens (tertiary/aromatic N) is 1. The molecule has 1 rings (SSSR count). The fourth-order valence-corrected chi connectivity index (χ4v) is 1.38. The van der Waals surface area contributed by atoms with Crippen LogP contribution in [-0.2, 0) is 0 Å². The Balaban J connectivity index is 3.32. The molecule has 0 fully saturated rings. The summed E-state index contributed by atoms with van der Waals surface area (Å²) in [4.78, 5) is 4.50. The average Bonchev–Trinajstić information content (AvgIpc) is 2.10. The molecule has 0 N–H and O–H groups in total. The van der Waals surface area contributed by atoms with Crippen LogP contribution in [0.2, 0.25) is 0 Å². The lowest BCUT2D eigenvalue weighted by Gasteiger charge is -2.08. The molecule has 0 radical (unpaired) electrons. The molecule has 1 aromatic rings. The van der Waals surface area contributed by atoms with Crippen LogP contribution in [0, 0.1) is 20.8 Å². The Morgan fingerprint density at radius 2 is 1.85 bits per heavy atom. The maximum atomic E-state index is 4.50. The largest absolute Gasteiger partial charge is 0.258 e. The molecule has 1 nitrogen and oxygen atoms in total. The minimum atomic E-state index is 1.12. The summed E-state index contributed by atoms with van der Waals surface area (Å²) < 4.78 is 0. The zero-order valence-electron chi connectivity index (χ0n) is 9.10. The second-order valence-electron chi connectivity index (χ2n) is 3.50. The molecule has 0 aliphatic heterocycles. The highest BCUT2D eigenvalue weighted by Crippen LogP contribution is 2.19. The summed E-state index contributed by atoms with van der Waals surface area (Å²) in [5.74, 6) is 0. The minimum Gasteiger partial charge on any atom is -0.258 e. The maximum Gasteiger partial charge on any atom is 0.0450 e. The molecule has 0 spiro atoms. The Morgan fingerprint density at radius 3 is 2.38 bits per heavy atom. The first-order chi connectivity index (χ1) is 6.06. The molecule has 1 aromatic heterocycles. The predicted octanol–water partition coefficient (Wildman–Crippen LogP) is 3.43. The molecule has 0 aromatic carbocycles. The quantitative estimate of drug-likeness (QED) is 0.637. The van der Waals surface area contributed by atoms with Gasteiger partial charge in [-0.2, -0.15) is 0 Å². The molecule has 0 aliphatic rings. The highest BCUT2D eigenvalue weighted by molar-refractivity contribution is 5.65. The van der Waals surface area contributed by atoms with Crippen molar-refractivity contribution in [3.8, 4) is 0 Å². The molecule has 1 heteroatoms. The van der Waals surface area contributed by atoms with Crippen LogP contribution in [0.1, 0.15) is 36.4 Å². The van der Waals surface area contributed by atoms with Gasteiger partial charge in [-0.3, -0.25) is 4.98 Å². The van der Waals surface area contributed by atoms with Gasteiger partial charge in [0.25, 0.3) is 0 Å². The molecular weight excluding hydrogens is 158 g/mol. The van der Waals surface area contributed by atoms with Gasteiger partial charge < -0.3 is 0 Å². The van der Waals surface area contributed by atoms with E-state index in [2.05, 4.69) is 51.7 Å². The number of aryl methyl sites for hydroxylation is 3. The van der Waals surface area contributed by atoms with Crippen LogP contribution in [0.3, 0.4) is 0 Å². The summed E-state index contributed by atoms with van der Waals surface area (Å²) in [6.45, 7) is 10.4. The van der Waals surface area contributed by atoms with E-state index in [0.717, 1.165) is 11.4 Å². The van der Waals surface area contributed by atoms with E-state index in [1.165, 1.54) is 16.7 Å². The number of rotatable bonds is 1. The molecule has 0 aliphatic carbocycles. The van der Waals surface area contributed by atoms with Crippen molar-refractivity contribution in [2.75, 3.05) is 0 Å². The monoisotopic (exact) mass is 175 g/mol. The molecule has 70 valence electrons. The fraction of sp³-hybridized carbons (Fsp3) is 0.417. The number of allylic oxidation sites excluding steroid dienone is 2. The van der Waals surface area contributed by atoms with Crippen LogP contribution in [0.25, 0.3) is 5.57 Å². The second kappa shape index (κ2) is 3.73. The van der Waals surface area contributed by atoms with Crippen LogP contribution in [0.15, 0.2) is 12.1 Å². The van der Waals surface area contributed by atoms with E-state index < -0.39 is 0 Å². The number of hydrogen-bond donors (Lipinski definition) is 0. The van der Waals surface area contributed by atoms with Gasteiger partial charge in [0.15, 0.2) is 0 Å². The summed E-state index contributed by atoms with van der Waals surface area (Å²) in [5.41, 5.74) is 6.09. The lowest BCUT2D eigenvalue weighted by molar-refractivity contribution is 1.08. The summed E-state index contributed by atoms with van der Waals surface area (Å²) in [5, 5.41) is 0. The molecule has 0 saturated carbocycles. The molecule has 1 heterocycles. The summed E-state index contributed by atoms with van der Waals surface area (Å²) in [6, 6.07) is 2.22. The molecule has 0 unspecified atom stereocenters. The lowest BCUT2D eigenvalue weighted by atomic mass is 10.0. The Kier molecular flexibility index (Phi) is 2.86. The average molecular weight is 175 g/mol. The Labute approximate surface area is 80.5 Å². The van der Waals surface area contributed by atoms with Gasteiger partial charge in [-0.15, -0.1) is 0 Å². The summed E-state index contributed by atoms with van der Waals surface area (Å²) in [6.07, 6.45) is 2.12. The first-order valence-electron chi connectivity index (χ1n) is 4.64. The van der Waals surface area contributed by atoms with Gasteiger partial charge in [0.2, 0.25) is 0 Å². The number of aromatic nitrogens is 1. The molecule has 0 atom stereocenters. The molecular formula is C12H17N. The van der Waals surface area contributed by atoms with Crippen molar-refractivity contribution < 1.29 is 0 Å². The zero-order valence-corrected chi connectivity index (χ0v) is 9.10. The predicted molar refractivity (Wildman–Crippen MR) is 57.8 cm³/mol. The van der Waals surface area contributed by atoms with E-state index in [1.807, 2.05) is 0 Å². The van der Waals surface area contributed by atoms with Gasteiger partial charge in [-0.25, -0.2) is 0 Å². The van der Waals surface area contributed by atoms with Gasteiger partial charge in [0, 0.05) is 11.4 Å². The number of pyridine rings is 1. The standard InChI is InChI=1S/C12H17N/c1-6-8(2)12-7-9(3)10(4)13-11(12)5/h6-7H,1-5H3/b8-6-. The van der Waals surface area contributed by atoms with E-state index in [0.29, 0.717) is 0 Å². The molecule has 13 heavy (non-hydrogen) atoms. The van der Waals surface area contributed by atoms with E-state index in [-0.39, 0.29) is 0 Å². The second-order valence-corrected chi connectivity index (χ2v) is 3.50. The fourth-order valence-electron chi connectivity index (χ4n) is 1.38. The Bertz CT molecular complexity index is 348. The molecule has 0 saturated heterocycles. The van der Waals surface area contributed by atoms with Crippen molar-refractivity contribution in [3.05, 3.63) is 34.7 Å². The van der Waals surface area contributed by atoms with E-state index in [1.54, 1.807) is 0 Å². The maximum absolute atomic E-state index is 4.50. The van der Waals surface area contributed by atoms with Crippen LogP contribution < -0.4 is 0 Å². The summed E-state index contributed by atoms with van der Waals surface area (Å²) in [7, 11) is 0. The first-order valence-corrected chi connectivity index (χ1v) is 4.64. The van der Waals surface area contributed by atoms with Crippen LogP contribution >= 0.6 is 0 Å². The Hall–Kier alpha value is -1.11. The normalized spacial score (nSPS) is 11.9. The third-order valence-electron chi connectivity index (χ3n) is 2.51.